The molecule has 1 amide bonds. The molecule has 3 heterocycles. The molecule has 1 fully saturated rings. The Morgan fingerprint density at radius 2 is 1.83 bits per heavy atom. The van der Waals surface area contributed by atoms with Gasteiger partial charge in [0.05, 0.1) is 20.8 Å². The van der Waals surface area contributed by atoms with Crippen molar-refractivity contribution in [2.45, 2.75) is 39.8 Å². The van der Waals surface area contributed by atoms with Crippen molar-refractivity contribution < 1.29 is 23.8 Å². The van der Waals surface area contributed by atoms with Crippen molar-refractivity contribution >= 4 is 11.9 Å². The highest BCUT2D eigenvalue weighted by Gasteiger charge is 2.30. The molecular formula is C27H35N3O6. The van der Waals surface area contributed by atoms with Gasteiger partial charge in [-0.25, -0.2) is 4.79 Å². The fraction of sp³-hybridized carbons (Fsp3) is 0.519. The van der Waals surface area contributed by atoms with Crippen LogP contribution in [-0.4, -0.2) is 73.8 Å². The lowest BCUT2D eigenvalue weighted by atomic mass is 10.0. The van der Waals surface area contributed by atoms with Crippen molar-refractivity contribution in [2.24, 2.45) is 5.92 Å². The van der Waals surface area contributed by atoms with Crippen molar-refractivity contribution in [3.8, 4) is 11.5 Å². The van der Waals surface area contributed by atoms with Crippen molar-refractivity contribution in [3.63, 3.8) is 0 Å². The Kier molecular flexibility index (Phi) is 7.68. The van der Waals surface area contributed by atoms with Gasteiger partial charge in [-0.3, -0.25) is 14.5 Å². The van der Waals surface area contributed by atoms with Gasteiger partial charge in [0.15, 0.2) is 0 Å². The summed E-state index contributed by atoms with van der Waals surface area (Å²) < 4.78 is 18.2. The fourth-order valence-corrected chi connectivity index (χ4v) is 5.15. The van der Waals surface area contributed by atoms with E-state index in [0.29, 0.717) is 50.3 Å². The largest absolute Gasteiger partial charge is 0.496 e. The molecule has 9 heteroatoms. The number of methoxy groups -OCH3 is 2. The van der Waals surface area contributed by atoms with Crippen LogP contribution in [0.5, 0.6) is 11.5 Å². The molecule has 194 valence electrons. The van der Waals surface area contributed by atoms with Gasteiger partial charge in [-0.15, -0.1) is 0 Å². The van der Waals surface area contributed by atoms with Gasteiger partial charge in [-0.05, 0) is 36.6 Å². The first-order valence-corrected chi connectivity index (χ1v) is 12.3. The van der Waals surface area contributed by atoms with Crippen LogP contribution in [0.25, 0.3) is 0 Å². The topological polar surface area (TPSA) is 90.3 Å². The third-order valence-corrected chi connectivity index (χ3v) is 7.43. The van der Waals surface area contributed by atoms with Gasteiger partial charge in [0, 0.05) is 70.3 Å². The van der Waals surface area contributed by atoms with Crippen LogP contribution >= 0.6 is 0 Å². The minimum atomic E-state index is -0.525. The molecule has 36 heavy (non-hydrogen) atoms. The first-order chi connectivity index (χ1) is 17.2. The maximum atomic E-state index is 13.1. The van der Waals surface area contributed by atoms with E-state index in [1.165, 1.54) is 24.3 Å². The van der Waals surface area contributed by atoms with Crippen molar-refractivity contribution in [3.05, 3.63) is 56.5 Å². The summed E-state index contributed by atoms with van der Waals surface area (Å²) in [4.78, 5) is 41.7. The second-order valence-corrected chi connectivity index (χ2v) is 9.67. The standard InChI is InChI=1S/C27H35N3O6/c1-17-18(2)22(34-4)7-6-20(17)15-29-9-8-21-26(27(33)35-5)23(13-25(32)30(21)11-10-29)36-16-19-12-24(31)28(3)14-19/h6-7,13,19H,8-12,14-16H2,1-5H3/t19-/m0/s1. The van der Waals surface area contributed by atoms with Gasteiger partial charge in [-0.2, -0.15) is 0 Å². The molecule has 1 saturated heterocycles. The van der Waals surface area contributed by atoms with Gasteiger partial charge >= 0.3 is 5.97 Å². The van der Waals surface area contributed by atoms with Gasteiger partial charge < -0.3 is 23.7 Å². The van der Waals surface area contributed by atoms with E-state index in [-0.39, 0.29) is 29.7 Å². The van der Waals surface area contributed by atoms with Gasteiger partial charge in [0.1, 0.15) is 17.1 Å². The maximum Gasteiger partial charge on any atom is 0.343 e. The average Bonchev–Trinajstić information content (AvgIpc) is 3.04. The predicted molar refractivity (Wildman–Crippen MR) is 135 cm³/mol. The summed E-state index contributed by atoms with van der Waals surface area (Å²) in [6.45, 7) is 7.56. The molecule has 0 saturated carbocycles. The van der Waals surface area contributed by atoms with Crippen LogP contribution < -0.4 is 15.0 Å². The molecule has 0 N–H and O–H groups in total. The highest BCUT2D eigenvalue weighted by atomic mass is 16.5. The van der Waals surface area contributed by atoms with Gasteiger partial charge in [0.25, 0.3) is 5.56 Å². The summed E-state index contributed by atoms with van der Waals surface area (Å²) in [6, 6.07) is 5.45. The number of aromatic nitrogens is 1. The molecule has 1 atom stereocenters. The molecule has 0 aliphatic carbocycles. The second-order valence-electron chi connectivity index (χ2n) is 9.67. The average molecular weight is 498 g/mol. The lowest BCUT2D eigenvalue weighted by molar-refractivity contribution is -0.126. The smallest absolute Gasteiger partial charge is 0.343 e. The minimum absolute atomic E-state index is 0.0150. The summed E-state index contributed by atoms with van der Waals surface area (Å²) >= 11 is 0. The fourth-order valence-electron chi connectivity index (χ4n) is 5.15. The van der Waals surface area contributed by atoms with Crippen LogP contribution in [0.2, 0.25) is 0 Å². The van der Waals surface area contributed by atoms with E-state index in [1.54, 1.807) is 23.6 Å². The molecule has 0 unspecified atom stereocenters. The monoisotopic (exact) mass is 497 g/mol. The SMILES string of the molecule is COC(=O)c1c(OC[C@H]2CC(=O)N(C)C2)cc(=O)n2c1CCN(Cc1ccc(OC)c(C)c1C)CC2. The Morgan fingerprint density at radius 1 is 1.06 bits per heavy atom. The lowest BCUT2D eigenvalue weighted by Gasteiger charge is -2.22. The Balaban J connectivity index is 1.57. The van der Waals surface area contributed by atoms with Crippen LogP contribution in [0.15, 0.2) is 23.0 Å². The summed E-state index contributed by atoms with van der Waals surface area (Å²) in [5.74, 6) is 0.663. The van der Waals surface area contributed by atoms with Crippen LogP contribution in [0.4, 0.5) is 0 Å². The van der Waals surface area contributed by atoms with Crippen LogP contribution in [0.3, 0.4) is 0 Å². The molecule has 4 rings (SSSR count). The van der Waals surface area contributed by atoms with Crippen LogP contribution in [0.1, 0.15) is 39.2 Å². The number of pyridine rings is 1. The van der Waals surface area contributed by atoms with Gasteiger partial charge in [-0.1, -0.05) is 6.07 Å². The minimum Gasteiger partial charge on any atom is -0.496 e. The lowest BCUT2D eigenvalue weighted by Crippen LogP contribution is -2.29. The summed E-state index contributed by atoms with van der Waals surface area (Å²) in [6.07, 6.45) is 0.906. The quantitative estimate of drug-likeness (QED) is 0.542. The highest BCUT2D eigenvalue weighted by Crippen LogP contribution is 2.28. The third-order valence-electron chi connectivity index (χ3n) is 7.43. The molecule has 0 spiro atoms. The molecule has 0 radical (unpaired) electrons. The summed E-state index contributed by atoms with van der Waals surface area (Å²) in [5, 5.41) is 0. The predicted octanol–water partition coefficient (Wildman–Crippen LogP) is 2.18. The number of fused-ring (bicyclic) bond motifs is 1. The molecule has 2 aliphatic rings. The zero-order valence-corrected chi connectivity index (χ0v) is 21.8. The Hall–Kier alpha value is -3.33. The van der Waals surface area contributed by atoms with E-state index in [2.05, 4.69) is 24.8 Å². The third kappa shape index (κ3) is 5.11. The highest BCUT2D eigenvalue weighted by molar-refractivity contribution is 5.93. The number of rotatable bonds is 7. The first-order valence-electron chi connectivity index (χ1n) is 12.3. The number of hydrogen-bond donors (Lipinski definition) is 0. The number of carbonyl (C=O) groups excluding carboxylic acids is 2. The molecular weight excluding hydrogens is 462 g/mol. The summed E-state index contributed by atoms with van der Waals surface area (Å²) in [5.41, 5.74) is 4.25. The molecule has 0 bridgehead atoms. The van der Waals surface area contributed by atoms with E-state index in [4.69, 9.17) is 14.2 Å². The molecule has 9 nitrogen and oxygen atoms in total. The molecule has 2 aliphatic heterocycles. The van der Waals surface area contributed by atoms with Crippen LogP contribution in [0, 0.1) is 19.8 Å². The van der Waals surface area contributed by atoms with Crippen molar-refractivity contribution in [2.75, 3.05) is 47.5 Å². The number of amides is 1. The molecule has 1 aromatic carbocycles. The number of ether oxygens (including phenoxy) is 3. The summed E-state index contributed by atoms with van der Waals surface area (Å²) in [7, 11) is 4.77. The zero-order valence-electron chi connectivity index (χ0n) is 21.8. The first kappa shape index (κ1) is 25.8. The number of nitrogens with zero attached hydrogens (tertiary/aromatic N) is 3. The van der Waals surface area contributed by atoms with E-state index < -0.39 is 5.97 Å². The molecule has 2 aromatic rings. The van der Waals surface area contributed by atoms with Crippen molar-refractivity contribution in [1.29, 1.82) is 0 Å². The Bertz CT molecular complexity index is 1220. The number of benzene rings is 1. The van der Waals surface area contributed by atoms with E-state index >= 15 is 0 Å². The Morgan fingerprint density at radius 3 is 2.50 bits per heavy atom. The number of likely N-dealkylation sites (tertiary alicyclic amines) is 1. The van der Waals surface area contributed by atoms with E-state index in [0.717, 1.165) is 17.9 Å². The number of esters is 1. The maximum absolute atomic E-state index is 13.1. The zero-order chi connectivity index (χ0) is 26.0. The Labute approximate surface area is 211 Å². The van der Waals surface area contributed by atoms with Crippen molar-refractivity contribution in [1.82, 2.24) is 14.4 Å². The van der Waals surface area contributed by atoms with E-state index in [1.807, 2.05) is 6.07 Å². The number of carbonyl (C=O) groups is 2. The van der Waals surface area contributed by atoms with E-state index in [9.17, 15) is 14.4 Å². The van der Waals surface area contributed by atoms with Gasteiger partial charge in [0.2, 0.25) is 5.91 Å². The normalized spacial score (nSPS) is 18.1. The van der Waals surface area contributed by atoms with Crippen LogP contribution in [-0.2, 0) is 29.0 Å². The number of hydrogen-bond acceptors (Lipinski definition) is 7. The second kappa shape index (κ2) is 10.7. The molecule has 1 aromatic heterocycles.